The molecule has 0 aliphatic carbocycles. The predicted molar refractivity (Wildman–Crippen MR) is 90.3 cm³/mol. The Hall–Kier alpha value is -1.76. The highest BCUT2D eigenvalue weighted by Gasteiger charge is 2.38. The van der Waals surface area contributed by atoms with Gasteiger partial charge in [0.25, 0.3) is 0 Å². The zero-order chi connectivity index (χ0) is 17.1. The van der Waals surface area contributed by atoms with Crippen LogP contribution in [0.3, 0.4) is 0 Å². The van der Waals surface area contributed by atoms with Crippen LogP contribution in [-0.4, -0.2) is 62.8 Å². The van der Waals surface area contributed by atoms with Crippen molar-refractivity contribution in [2.24, 2.45) is 0 Å². The smallest absolute Gasteiger partial charge is 0.110 e. The van der Waals surface area contributed by atoms with Gasteiger partial charge in [-0.1, -0.05) is 60.7 Å². The standard InChI is InChI=1S/C19H23NO4/c21-15-11-20(12-16(22)19(24)18(15)23)17(13-7-3-1-4-8-13)14-9-5-2-6-10-14/h1-10,15-19,21-24H,11-12H2/t15-,16-,18-,19-/m1/s1. The summed E-state index contributed by atoms with van der Waals surface area (Å²) in [4.78, 5) is 1.90. The molecule has 0 radical (unpaired) electrons. The molecule has 4 atom stereocenters. The van der Waals surface area contributed by atoms with Crippen molar-refractivity contribution in [1.82, 2.24) is 4.90 Å². The van der Waals surface area contributed by atoms with Crippen LogP contribution in [0.25, 0.3) is 0 Å². The monoisotopic (exact) mass is 329 g/mol. The van der Waals surface area contributed by atoms with E-state index in [1.807, 2.05) is 65.6 Å². The van der Waals surface area contributed by atoms with Crippen molar-refractivity contribution in [3.8, 4) is 0 Å². The Morgan fingerprint density at radius 3 is 1.42 bits per heavy atom. The summed E-state index contributed by atoms with van der Waals surface area (Å²) >= 11 is 0. The number of rotatable bonds is 3. The molecule has 1 aliphatic heterocycles. The van der Waals surface area contributed by atoms with Gasteiger partial charge in [-0.25, -0.2) is 0 Å². The molecule has 1 aliphatic rings. The lowest BCUT2D eigenvalue weighted by Gasteiger charge is -2.33. The van der Waals surface area contributed by atoms with Crippen LogP contribution >= 0.6 is 0 Å². The lowest BCUT2D eigenvalue weighted by molar-refractivity contribution is -0.0894. The molecule has 3 rings (SSSR count). The van der Waals surface area contributed by atoms with Crippen LogP contribution in [0, 0.1) is 0 Å². The van der Waals surface area contributed by atoms with Crippen LogP contribution in [0.1, 0.15) is 17.2 Å². The largest absolute Gasteiger partial charge is 0.389 e. The Morgan fingerprint density at radius 2 is 1.04 bits per heavy atom. The average Bonchev–Trinajstić information content (AvgIpc) is 2.70. The second-order valence-electron chi connectivity index (χ2n) is 6.29. The van der Waals surface area contributed by atoms with E-state index < -0.39 is 24.4 Å². The maximum atomic E-state index is 10.2. The normalized spacial score (nSPS) is 28.7. The Bertz CT molecular complexity index is 581. The first-order chi connectivity index (χ1) is 11.6. The SMILES string of the molecule is O[C@H]1[C@H](O)[C@H](O)CN(C(c2ccccc2)c2ccccc2)C[C@H]1O. The van der Waals surface area contributed by atoms with Crippen LogP contribution < -0.4 is 0 Å². The zero-order valence-corrected chi connectivity index (χ0v) is 13.3. The molecule has 5 nitrogen and oxygen atoms in total. The van der Waals surface area contributed by atoms with Gasteiger partial charge in [0.05, 0.1) is 18.2 Å². The van der Waals surface area contributed by atoms with Gasteiger partial charge >= 0.3 is 0 Å². The molecule has 2 aromatic rings. The number of β-amino-alcohol motifs (C(OH)–C–C–N with tert-alkyl or cyclic N) is 2. The van der Waals surface area contributed by atoms with Crippen molar-refractivity contribution in [3.63, 3.8) is 0 Å². The Balaban J connectivity index is 1.99. The first-order valence-electron chi connectivity index (χ1n) is 8.14. The fourth-order valence-electron chi connectivity index (χ4n) is 3.32. The van der Waals surface area contributed by atoms with E-state index in [-0.39, 0.29) is 19.1 Å². The van der Waals surface area contributed by atoms with Gasteiger partial charge in [0.1, 0.15) is 12.2 Å². The summed E-state index contributed by atoms with van der Waals surface area (Å²) in [5, 5.41) is 40.3. The molecule has 24 heavy (non-hydrogen) atoms. The maximum Gasteiger partial charge on any atom is 0.110 e. The molecule has 128 valence electrons. The van der Waals surface area contributed by atoms with Crippen molar-refractivity contribution in [2.75, 3.05) is 13.1 Å². The Labute approximate surface area is 141 Å². The molecule has 2 aromatic carbocycles. The van der Waals surface area contributed by atoms with Crippen LogP contribution in [0.2, 0.25) is 0 Å². The minimum Gasteiger partial charge on any atom is -0.389 e. The molecule has 0 aromatic heterocycles. The van der Waals surface area contributed by atoms with Crippen LogP contribution in [-0.2, 0) is 0 Å². The molecule has 1 heterocycles. The summed E-state index contributed by atoms with van der Waals surface area (Å²) in [6, 6.07) is 19.4. The molecule has 0 bridgehead atoms. The molecule has 0 amide bonds. The lowest BCUT2D eigenvalue weighted by atomic mass is 9.96. The second-order valence-corrected chi connectivity index (χ2v) is 6.29. The fourth-order valence-corrected chi connectivity index (χ4v) is 3.32. The summed E-state index contributed by atoms with van der Waals surface area (Å²) in [5.74, 6) is 0. The third kappa shape index (κ3) is 3.50. The summed E-state index contributed by atoms with van der Waals surface area (Å²) < 4.78 is 0. The van der Waals surface area contributed by atoms with E-state index in [1.165, 1.54) is 0 Å². The quantitative estimate of drug-likeness (QED) is 0.660. The van der Waals surface area contributed by atoms with Crippen molar-refractivity contribution in [1.29, 1.82) is 0 Å². The van der Waals surface area contributed by atoms with Gasteiger partial charge in [0.15, 0.2) is 0 Å². The number of hydrogen-bond donors (Lipinski definition) is 4. The number of hydrogen-bond acceptors (Lipinski definition) is 5. The minimum absolute atomic E-state index is 0.156. The van der Waals surface area contributed by atoms with E-state index in [0.717, 1.165) is 11.1 Å². The first kappa shape index (κ1) is 17.1. The van der Waals surface area contributed by atoms with Gasteiger partial charge in [0.2, 0.25) is 0 Å². The summed E-state index contributed by atoms with van der Waals surface area (Å²) in [6.07, 6.45) is -4.99. The van der Waals surface area contributed by atoms with E-state index in [1.54, 1.807) is 0 Å². The highest BCUT2D eigenvalue weighted by atomic mass is 16.4. The molecule has 5 heteroatoms. The molecule has 0 unspecified atom stereocenters. The van der Waals surface area contributed by atoms with E-state index in [9.17, 15) is 20.4 Å². The highest BCUT2D eigenvalue weighted by molar-refractivity contribution is 5.32. The third-order valence-corrected chi connectivity index (χ3v) is 4.58. The lowest BCUT2D eigenvalue weighted by Crippen LogP contribution is -2.43. The van der Waals surface area contributed by atoms with Gasteiger partial charge < -0.3 is 20.4 Å². The van der Waals surface area contributed by atoms with Crippen LogP contribution in [0.5, 0.6) is 0 Å². The average molecular weight is 329 g/mol. The first-order valence-corrected chi connectivity index (χ1v) is 8.14. The van der Waals surface area contributed by atoms with Gasteiger partial charge in [-0.15, -0.1) is 0 Å². The highest BCUT2D eigenvalue weighted by Crippen LogP contribution is 2.31. The second kappa shape index (κ2) is 7.42. The topological polar surface area (TPSA) is 84.2 Å². The molecule has 4 N–H and O–H groups in total. The van der Waals surface area contributed by atoms with E-state index in [0.29, 0.717) is 0 Å². The molecule has 1 saturated heterocycles. The number of benzene rings is 2. The summed E-state index contributed by atoms with van der Waals surface area (Å²) in [7, 11) is 0. The van der Waals surface area contributed by atoms with E-state index in [2.05, 4.69) is 0 Å². The Morgan fingerprint density at radius 1 is 0.667 bits per heavy atom. The van der Waals surface area contributed by atoms with Crippen LogP contribution in [0.15, 0.2) is 60.7 Å². The van der Waals surface area contributed by atoms with Gasteiger partial charge in [-0.3, -0.25) is 4.90 Å². The minimum atomic E-state index is -1.36. The van der Waals surface area contributed by atoms with Crippen molar-refractivity contribution in [2.45, 2.75) is 30.5 Å². The van der Waals surface area contributed by atoms with Crippen LogP contribution in [0.4, 0.5) is 0 Å². The third-order valence-electron chi connectivity index (χ3n) is 4.58. The number of nitrogens with zero attached hydrogens (tertiary/aromatic N) is 1. The van der Waals surface area contributed by atoms with E-state index in [4.69, 9.17) is 0 Å². The van der Waals surface area contributed by atoms with Crippen molar-refractivity contribution >= 4 is 0 Å². The molecular weight excluding hydrogens is 306 g/mol. The molecule has 1 fully saturated rings. The van der Waals surface area contributed by atoms with Crippen molar-refractivity contribution < 1.29 is 20.4 Å². The molecular formula is C19H23NO4. The van der Waals surface area contributed by atoms with Gasteiger partial charge in [0, 0.05) is 13.1 Å². The number of likely N-dealkylation sites (tertiary alicyclic amines) is 1. The number of aliphatic hydroxyl groups excluding tert-OH is 4. The molecule has 0 saturated carbocycles. The summed E-state index contributed by atoms with van der Waals surface area (Å²) in [5.41, 5.74) is 2.04. The van der Waals surface area contributed by atoms with Gasteiger partial charge in [-0.05, 0) is 11.1 Å². The fraction of sp³-hybridized carbons (Fsp3) is 0.368. The predicted octanol–water partition coefficient (Wildman–Crippen LogP) is 0.535. The Kier molecular flexibility index (Phi) is 5.28. The molecule has 0 spiro atoms. The zero-order valence-electron chi connectivity index (χ0n) is 13.3. The maximum absolute atomic E-state index is 10.2. The summed E-state index contributed by atoms with van der Waals surface area (Å²) in [6.45, 7) is 0.313. The van der Waals surface area contributed by atoms with Crippen molar-refractivity contribution in [3.05, 3.63) is 71.8 Å². The number of aliphatic hydroxyl groups is 4. The van der Waals surface area contributed by atoms with E-state index >= 15 is 0 Å². The van der Waals surface area contributed by atoms with Gasteiger partial charge in [-0.2, -0.15) is 0 Å².